The van der Waals surface area contributed by atoms with Gasteiger partial charge in [0.25, 0.3) is 0 Å². The summed E-state index contributed by atoms with van der Waals surface area (Å²) in [4.78, 5) is 14.6. The number of nitrogen functional groups attached to an aromatic ring is 1. The molecule has 1 aromatic heterocycles. The molecule has 32 heavy (non-hydrogen) atoms. The molecule has 0 fully saturated rings. The molecule has 4 heteroatoms. The maximum atomic E-state index is 13.5. The van der Waals surface area contributed by atoms with Gasteiger partial charge in [-0.05, 0) is 46.2 Å². The Labute approximate surface area is 195 Å². The van der Waals surface area contributed by atoms with Crippen LogP contribution in [0.25, 0.3) is 21.9 Å². The Morgan fingerprint density at radius 3 is 2.28 bits per heavy atom. The van der Waals surface area contributed by atoms with Gasteiger partial charge in [-0.15, -0.1) is 11.3 Å². The number of ketones is 1. The van der Waals surface area contributed by atoms with Crippen molar-refractivity contribution in [3.63, 3.8) is 0 Å². The third-order valence-electron chi connectivity index (χ3n) is 5.64. The molecule has 0 saturated carbocycles. The van der Waals surface area contributed by atoms with Crippen molar-refractivity contribution in [3.8, 4) is 11.1 Å². The van der Waals surface area contributed by atoms with Crippen LogP contribution in [0.5, 0.6) is 0 Å². The second-order valence-electron chi connectivity index (χ2n) is 7.66. The first-order chi connectivity index (χ1) is 15.6. The molecule has 0 radical (unpaired) electrons. The molecule has 4 aromatic carbocycles. The number of benzene rings is 4. The molecule has 0 spiro atoms. The van der Waals surface area contributed by atoms with E-state index in [1.165, 1.54) is 27.7 Å². The third-order valence-corrected chi connectivity index (χ3v) is 6.91. The van der Waals surface area contributed by atoms with Gasteiger partial charge in [0, 0.05) is 27.4 Å². The van der Waals surface area contributed by atoms with Crippen LogP contribution in [0.2, 0.25) is 5.02 Å². The number of halogens is 1. The molecule has 0 saturated heterocycles. The molecule has 2 nitrogen and oxygen atoms in total. The van der Waals surface area contributed by atoms with Crippen molar-refractivity contribution >= 4 is 44.5 Å². The first-order valence-electron chi connectivity index (χ1n) is 10.4. The lowest BCUT2D eigenvalue weighted by atomic mass is 9.93. The summed E-state index contributed by atoms with van der Waals surface area (Å²) in [6.45, 7) is 0. The van der Waals surface area contributed by atoms with Crippen LogP contribution in [0.3, 0.4) is 0 Å². The van der Waals surface area contributed by atoms with Crippen LogP contribution in [-0.2, 0) is 6.42 Å². The summed E-state index contributed by atoms with van der Waals surface area (Å²) in [7, 11) is 0. The molecule has 0 amide bonds. The fourth-order valence-electron chi connectivity index (χ4n) is 4.12. The minimum Gasteiger partial charge on any atom is -0.390 e. The van der Waals surface area contributed by atoms with Crippen molar-refractivity contribution in [1.82, 2.24) is 0 Å². The first-order valence-corrected chi connectivity index (χ1v) is 11.5. The quantitative estimate of drug-likeness (QED) is 0.278. The third kappa shape index (κ3) is 3.81. The summed E-state index contributed by atoms with van der Waals surface area (Å²) in [5.41, 5.74) is 10.8. The van der Waals surface area contributed by atoms with Gasteiger partial charge >= 0.3 is 0 Å². The predicted molar refractivity (Wildman–Crippen MR) is 136 cm³/mol. The van der Waals surface area contributed by atoms with Crippen LogP contribution in [0.1, 0.15) is 26.4 Å². The molecule has 1 heterocycles. The number of carbonyl (C=O) groups is 1. The van der Waals surface area contributed by atoms with Gasteiger partial charge < -0.3 is 5.73 Å². The molecule has 0 atom stereocenters. The predicted octanol–water partition coefficient (Wildman–Crippen LogP) is 7.63. The SMILES string of the molecule is Nc1sc(Cc2cccc3ccccc23)c(-c2ccccc2)c1C(=O)c1ccc(Cl)cc1. The van der Waals surface area contributed by atoms with Gasteiger partial charge in [0.05, 0.1) is 10.6 Å². The van der Waals surface area contributed by atoms with Crippen LogP contribution in [0.15, 0.2) is 97.1 Å². The zero-order chi connectivity index (χ0) is 22.1. The molecular weight excluding hydrogens is 434 g/mol. The van der Waals surface area contributed by atoms with Crippen molar-refractivity contribution < 1.29 is 4.79 Å². The Kier molecular flexibility index (Phi) is 5.52. The Morgan fingerprint density at radius 1 is 0.812 bits per heavy atom. The number of hydrogen-bond acceptors (Lipinski definition) is 3. The molecule has 0 aliphatic rings. The zero-order valence-corrected chi connectivity index (χ0v) is 18.8. The summed E-state index contributed by atoms with van der Waals surface area (Å²) < 4.78 is 0. The van der Waals surface area contributed by atoms with Gasteiger partial charge in [-0.25, -0.2) is 0 Å². The van der Waals surface area contributed by atoms with E-state index in [9.17, 15) is 4.79 Å². The molecule has 5 aromatic rings. The topological polar surface area (TPSA) is 43.1 Å². The van der Waals surface area contributed by atoms with E-state index in [0.717, 1.165) is 16.0 Å². The summed E-state index contributed by atoms with van der Waals surface area (Å²) in [5.74, 6) is -0.0848. The largest absolute Gasteiger partial charge is 0.390 e. The molecule has 0 bridgehead atoms. The van der Waals surface area contributed by atoms with Gasteiger partial charge in [0.2, 0.25) is 0 Å². The number of rotatable bonds is 5. The number of anilines is 1. The van der Waals surface area contributed by atoms with E-state index in [2.05, 4.69) is 36.4 Å². The van der Waals surface area contributed by atoms with E-state index in [1.807, 2.05) is 36.4 Å². The van der Waals surface area contributed by atoms with Crippen molar-refractivity contribution in [2.24, 2.45) is 0 Å². The average molecular weight is 454 g/mol. The summed E-state index contributed by atoms with van der Waals surface area (Å²) in [6.07, 6.45) is 0.703. The number of hydrogen-bond donors (Lipinski definition) is 1. The van der Waals surface area contributed by atoms with E-state index >= 15 is 0 Å². The highest BCUT2D eigenvalue weighted by molar-refractivity contribution is 7.17. The number of fused-ring (bicyclic) bond motifs is 1. The van der Waals surface area contributed by atoms with Crippen molar-refractivity contribution in [3.05, 3.63) is 124 Å². The molecule has 5 rings (SSSR count). The van der Waals surface area contributed by atoms with E-state index in [4.69, 9.17) is 17.3 Å². The Hall–Kier alpha value is -3.40. The molecular formula is C28H20ClNOS. The fourth-order valence-corrected chi connectivity index (χ4v) is 5.36. The molecule has 0 unspecified atom stereocenters. The number of thiophene rings is 1. The molecule has 156 valence electrons. The normalized spacial score (nSPS) is 11.0. The van der Waals surface area contributed by atoms with Crippen LogP contribution in [-0.4, -0.2) is 5.78 Å². The number of carbonyl (C=O) groups excluding carboxylic acids is 1. The van der Waals surface area contributed by atoms with Gasteiger partial charge in [0.1, 0.15) is 0 Å². The van der Waals surface area contributed by atoms with Crippen LogP contribution in [0, 0.1) is 0 Å². The average Bonchev–Trinajstić information content (AvgIpc) is 3.15. The van der Waals surface area contributed by atoms with Crippen molar-refractivity contribution in [2.75, 3.05) is 5.73 Å². The summed E-state index contributed by atoms with van der Waals surface area (Å²) in [5, 5.41) is 3.55. The van der Waals surface area contributed by atoms with E-state index in [-0.39, 0.29) is 5.78 Å². The standard InChI is InChI=1S/C28H20ClNOS/c29-22-15-13-20(14-16-22)27(31)26-25(19-8-2-1-3-9-19)24(32-28(26)30)17-21-11-6-10-18-7-4-5-12-23(18)21/h1-16H,17,30H2. The lowest BCUT2D eigenvalue weighted by molar-refractivity contribution is 0.104. The highest BCUT2D eigenvalue weighted by atomic mass is 35.5. The lowest BCUT2D eigenvalue weighted by Gasteiger charge is -2.10. The maximum absolute atomic E-state index is 13.5. The minimum absolute atomic E-state index is 0.0848. The van der Waals surface area contributed by atoms with Crippen LogP contribution >= 0.6 is 22.9 Å². The Morgan fingerprint density at radius 2 is 1.50 bits per heavy atom. The highest BCUT2D eigenvalue weighted by Gasteiger charge is 2.25. The van der Waals surface area contributed by atoms with Gasteiger partial charge in [-0.3, -0.25) is 4.79 Å². The Balaban J connectivity index is 1.67. The lowest BCUT2D eigenvalue weighted by Crippen LogP contribution is -2.05. The second kappa shape index (κ2) is 8.62. The van der Waals surface area contributed by atoms with Gasteiger partial charge in [-0.1, -0.05) is 84.4 Å². The van der Waals surface area contributed by atoms with E-state index in [1.54, 1.807) is 24.3 Å². The molecule has 2 N–H and O–H groups in total. The maximum Gasteiger partial charge on any atom is 0.196 e. The highest BCUT2D eigenvalue weighted by Crippen LogP contribution is 2.41. The van der Waals surface area contributed by atoms with Crippen molar-refractivity contribution in [1.29, 1.82) is 0 Å². The van der Waals surface area contributed by atoms with Gasteiger partial charge in [-0.2, -0.15) is 0 Å². The fraction of sp³-hybridized carbons (Fsp3) is 0.0357. The van der Waals surface area contributed by atoms with Crippen LogP contribution < -0.4 is 5.73 Å². The second-order valence-corrected chi connectivity index (χ2v) is 9.23. The smallest absolute Gasteiger partial charge is 0.196 e. The van der Waals surface area contributed by atoms with E-state index in [0.29, 0.717) is 27.6 Å². The molecule has 0 aliphatic heterocycles. The number of nitrogens with two attached hydrogens (primary N) is 1. The summed E-state index contributed by atoms with van der Waals surface area (Å²) >= 11 is 7.53. The monoisotopic (exact) mass is 453 g/mol. The van der Waals surface area contributed by atoms with Crippen molar-refractivity contribution in [2.45, 2.75) is 6.42 Å². The van der Waals surface area contributed by atoms with Gasteiger partial charge in [0.15, 0.2) is 5.78 Å². The Bertz CT molecular complexity index is 1420. The minimum atomic E-state index is -0.0848. The van der Waals surface area contributed by atoms with E-state index < -0.39 is 0 Å². The zero-order valence-electron chi connectivity index (χ0n) is 17.2. The molecule has 0 aliphatic carbocycles. The summed E-state index contributed by atoms with van der Waals surface area (Å²) in [6, 6.07) is 31.7. The first kappa shape index (κ1) is 20.5. The van der Waals surface area contributed by atoms with Crippen LogP contribution in [0.4, 0.5) is 5.00 Å².